The smallest absolute Gasteiger partial charge is 0.216 e. The minimum Gasteiger partial charge on any atom is -0.481 e. The van der Waals surface area contributed by atoms with E-state index in [0.717, 1.165) is 11.6 Å². The summed E-state index contributed by atoms with van der Waals surface area (Å²) in [6, 6.07) is 1.15. The maximum absolute atomic E-state index is 13.3. The van der Waals surface area contributed by atoms with E-state index in [1.165, 1.54) is 7.11 Å². The third kappa shape index (κ3) is 1.50. The zero-order chi connectivity index (χ0) is 11.0. The minimum absolute atomic E-state index is 0.356. The number of methoxy groups -OCH3 is 1. The Morgan fingerprint density at radius 1 is 1.40 bits per heavy atom. The van der Waals surface area contributed by atoms with E-state index in [1.54, 1.807) is 6.92 Å². The Morgan fingerprint density at radius 2 is 2.13 bits per heavy atom. The van der Waals surface area contributed by atoms with Crippen LogP contribution in [0.3, 0.4) is 0 Å². The molecule has 0 N–H and O–H groups in total. The van der Waals surface area contributed by atoms with Crippen LogP contribution in [-0.4, -0.2) is 19.6 Å². The molecule has 80 valence electrons. The highest BCUT2D eigenvalue weighted by Gasteiger charge is 2.21. The van der Waals surface area contributed by atoms with Crippen molar-refractivity contribution < 1.29 is 13.5 Å². The van der Waals surface area contributed by atoms with Crippen LogP contribution in [0.2, 0.25) is 0 Å². The monoisotopic (exact) mass is 211 g/mol. The Hall–Kier alpha value is -1.45. The lowest BCUT2D eigenvalue weighted by Crippen LogP contribution is -2.17. The van der Waals surface area contributed by atoms with E-state index in [9.17, 15) is 8.78 Å². The maximum Gasteiger partial charge on any atom is 0.216 e. The van der Waals surface area contributed by atoms with E-state index in [-0.39, 0.29) is 0 Å². The third-order valence-corrected chi connectivity index (χ3v) is 2.63. The summed E-state index contributed by atoms with van der Waals surface area (Å²) >= 11 is 0. The van der Waals surface area contributed by atoms with Gasteiger partial charge in [0.2, 0.25) is 5.90 Å². The maximum atomic E-state index is 13.3. The molecule has 1 heterocycles. The van der Waals surface area contributed by atoms with Gasteiger partial charge in [0.25, 0.3) is 0 Å². The van der Waals surface area contributed by atoms with E-state index in [2.05, 4.69) is 4.99 Å². The number of nitrogens with zero attached hydrogens (tertiary/aromatic N) is 1. The van der Waals surface area contributed by atoms with E-state index in [4.69, 9.17) is 4.74 Å². The Kier molecular flexibility index (Phi) is 2.42. The van der Waals surface area contributed by atoms with Crippen molar-refractivity contribution in [3.8, 4) is 0 Å². The predicted molar refractivity (Wildman–Crippen MR) is 53.2 cm³/mol. The van der Waals surface area contributed by atoms with Crippen LogP contribution < -0.4 is 0 Å². The van der Waals surface area contributed by atoms with Crippen LogP contribution in [0.1, 0.15) is 16.7 Å². The lowest BCUT2D eigenvalue weighted by atomic mass is 9.96. The van der Waals surface area contributed by atoms with Crippen molar-refractivity contribution in [2.45, 2.75) is 13.3 Å². The second-order valence-corrected chi connectivity index (χ2v) is 3.46. The molecular formula is C11H11F2NO. The first kappa shape index (κ1) is 10.1. The van der Waals surface area contributed by atoms with Gasteiger partial charge in [0, 0.05) is 12.1 Å². The Labute approximate surface area is 86.6 Å². The summed E-state index contributed by atoms with van der Waals surface area (Å²) in [6.07, 6.45) is 0.630. The molecule has 0 aromatic heterocycles. The minimum atomic E-state index is -0.849. The first-order chi connectivity index (χ1) is 7.15. The van der Waals surface area contributed by atoms with Crippen molar-refractivity contribution in [2.24, 2.45) is 4.99 Å². The van der Waals surface area contributed by atoms with Crippen LogP contribution in [0.5, 0.6) is 0 Å². The topological polar surface area (TPSA) is 21.6 Å². The van der Waals surface area contributed by atoms with Gasteiger partial charge in [-0.05, 0) is 30.5 Å². The molecule has 4 heteroatoms. The summed E-state index contributed by atoms with van der Waals surface area (Å²) in [4.78, 5) is 4.11. The normalized spacial score (nSPS) is 14.5. The van der Waals surface area contributed by atoms with Crippen LogP contribution in [0.15, 0.2) is 11.1 Å². The van der Waals surface area contributed by atoms with Crippen LogP contribution >= 0.6 is 0 Å². The van der Waals surface area contributed by atoms with E-state index in [1.807, 2.05) is 0 Å². The first-order valence-corrected chi connectivity index (χ1v) is 4.71. The van der Waals surface area contributed by atoms with Crippen LogP contribution in [0.4, 0.5) is 8.78 Å². The van der Waals surface area contributed by atoms with Crippen molar-refractivity contribution in [3.63, 3.8) is 0 Å². The predicted octanol–water partition coefficient (Wildman–Crippen LogP) is 2.22. The number of aliphatic imine (C=N–C) groups is 1. The molecule has 1 aliphatic rings. The molecule has 0 amide bonds. The van der Waals surface area contributed by atoms with E-state index in [0.29, 0.717) is 30.0 Å². The summed E-state index contributed by atoms with van der Waals surface area (Å²) in [5.41, 5.74) is 1.72. The van der Waals surface area contributed by atoms with Crippen molar-refractivity contribution in [3.05, 3.63) is 34.4 Å². The van der Waals surface area contributed by atoms with Crippen molar-refractivity contribution in [1.82, 2.24) is 0 Å². The van der Waals surface area contributed by atoms with Gasteiger partial charge in [0.15, 0.2) is 11.6 Å². The quantitative estimate of drug-likeness (QED) is 0.644. The van der Waals surface area contributed by atoms with E-state index >= 15 is 0 Å². The number of rotatable bonds is 0. The van der Waals surface area contributed by atoms with Gasteiger partial charge >= 0.3 is 0 Å². The third-order valence-electron chi connectivity index (χ3n) is 2.63. The molecule has 0 saturated heterocycles. The van der Waals surface area contributed by atoms with Gasteiger partial charge in [-0.3, -0.25) is 4.99 Å². The number of fused-ring (bicyclic) bond motifs is 1. The Morgan fingerprint density at radius 3 is 2.80 bits per heavy atom. The van der Waals surface area contributed by atoms with Gasteiger partial charge in [0.05, 0.1) is 7.11 Å². The molecule has 0 unspecified atom stereocenters. The Balaban J connectivity index is 2.66. The summed E-state index contributed by atoms with van der Waals surface area (Å²) in [7, 11) is 1.48. The second-order valence-electron chi connectivity index (χ2n) is 3.46. The van der Waals surface area contributed by atoms with Crippen molar-refractivity contribution in [2.75, 3.05) is 13.7 Å². The fourth-order valence-electron chi connectivity index (χ4n) is 1.83. The molecule has 1 aromatic rings. The first-order valence-electron chi connectivity index (χ1n) is 4.71. The summed E-state index contributed by atoms with van der Waals surface area (Å²) < 4.78 is 31.5. The zero-order valence-electron chi connectivity index (χ0n) is 8.60. The highest BCUT2D eigenvalue weighted by Crippen LogP contribution is 2.24. The van der Waals surface area contributed by atoms with Crippen LogP contribution in [0.25, 0.3) is 0 Å². The summed E-state index contributed by atoms with van der Waals surface area (Å²) in [6.45, 7) is 2.14. The van der Waals surface area contributed by atoms with Crippen LogP contribution in [0, 0.1) is 18.6 Å². The molecule has 1 aliphatic heterocycles. The largest absolute Gasteiger partial charge is 0.481 e. The Bertz CT molecular complexity index is 441. The number of halogens is 2. The standard InChI is InChI=1S/C11H11F2NO/c1-6-7-3-4-14-11(15-2)8(7)5-9(12)10(6)13/h5H,3-4H2,1-2H3. The molecular weight excluding hydrogens is 200 g/mol. The molecule has 2 nitrogen and oxygen atoms in total. The van der Waals surface area contributed by atoms with Gasteiger partial charge in [-0.2, -0.15) is 0 Å². The lowest BCUT2D eigenvalue weighted by Gasteiger charge is -2.18. The van der Waals surface area contributed by atoms with Gasteiger partial charge in [-0.1, -0.05) is 0 Å². The fraction of sp³-hybridized carbons (Fsp3) is 0.364. The molecule has 1 aromatic carbocycles. The van der Waals surface area contributed by atoms with Crippen molar-refractivity contribution in [1.29, 1.82) is 0 Å². The molecule has 0 atom stereocenters. The molecule has 0 spiro atoms. The lowest BCUT2D eigenvalue weighted by molar-refractivity contribution is 0.399. The van der Waals surface area contributed by atoms with E-state index < -0.39 is 11.6 Å². The molecule has 0 radical (unpaired) electrons. The number of benzene rings is 1. The molecule has 0 aliphatic carbocycles. The molecule has 15 heavy (non-hydrogen) atoms. The highest BCUT2D eigenvalue weighted by molar-refractivity contribution is 5.96. The van der Waals surface area contributed by atoms with Gasteiger partial charge < -0.3 is 4.74 Å². The molecule has 0 bridgehead atoms. The summed E-state index contributed by atoms with van der Waals surface area (Å²) in [5, 5.41) is 0. The van der Waals surface area contributed by atoms with Gasteiger partial charge in [-0.25, -0.2) is 8.78 Å². The second kappa shape index (κ2) is 3.61. The SMILES string of the molecule is COC1=NCCc2c1cc(F)c(F)c2C. The van der Waals surface area contributed by atoms with Crippen LogP contribution in [-0.2, 0) is 11.2 Å². The van der Waals surface area contributed by atoms with Gasteiger partial charge in [-0.15, -0.1) is 0 Å². The number of ether oxygens (including phenoxy) is 1. The summed E-state index contributed by atoms with van der Waals surface area (Å²) in [5.74, 6) is -1.23. The zero-order valence-corrected chi connectivity index (χ0v) is 8.60. The average molecular weight is 211 g/mol. The van der Waals surface area contributed by atoms with Crippen molar-refractivity contribution >= 4 is 5.90 Å². The highest BCUT2D eigenvalue weighted by atomic mass is 19.2. The molecule has 2 rings (SSSR count). The molecule has 0 saturated carbocycles. The number of hydrogen-bond acceptors (Lipinski definition) is 2. The fourth-order valence-corrected chi connectivity index (χ4v) is 1.83. The molecule has 0 fully saturated rings. The average Bonchev–Trinajstić information content (AvgIpc) is 2.25. The number of hydrogen-bond donors (Lipinski definition) is 0. The van der Waals surface area contributed by atoms with Gasteiger partial charge in [0.1, 0.15) is 0 Å².